The first-order chi connectivity index (χ1) is 5.75. The fourth-order valence-electron chi connectivity index (χ4n) is 0.989. The number of isocyanates is 1. The third kappa shape index (κ3) is 1.71. The summed E-state index contributed by atoms with van der Waals surface area (Å²) in [5.41, 5.74) is 0.640. The van der Waals surface area contributed by atoms with Crippen molar-refractivity contribution < 1.29 is 9.90 Å². The summed E-state index contributed by atoms with van der Waals surface area (Å²) in [6.45, 7) is 1.72. The van der Waals surface area contributed by atoms with Gasteiger partial charge in [-0.15, -0.1) is 0 Å². The van der Waals surface area contributed by atoms with E-state index in [1.54, 1.807) is 31.2 Å². The lowest BCUT2D eigenvalue weighted by Gasteiger charge is -2.05. The van der Waals surface area contributed by atoms with Gasteiger partial charge in [-0.2, -0.15) is 4.99 Å². The summed E-state index contributed by atoms with van der Waals surface area (Å²) in [7, 11) is 0. The lowest BCUT2D eigenvalue weighted by molar-refractivity contribution is 0.463. The fourth-order valence-corrected chi connectivity index (χ4v) is 0.989. The van der Waals surface area contributed by atoms with Crippen LogP contribution >= 0.6 is 0 Å². The van der Waals surface area contributed by atoms with Gasteiger partial charge in [-0.05, 0) is 13.0 Å². The van der Waals surface area contributed by atoms with Crippen LogP contribution in [0.3, 0.4) is 0 Å². The Labute approximate surface area is 70.4 Å². The molecule has 12 heavy (non-hydrogen) atoms. The molecule has 0 fully saturated rings. The Morgan fingerprint density at radius 2 is 2.17 bits per heavy atom. The van der Waals surface area contributed by atoms with E-state index in [4.69, 9.17) is 0 Å². The van der Waals surface area contributed by atoms with Gasteiger partial charge in [0, 0.05) is 5.56 Å². The van der Waals surface area contributed by atoms with Crippen LogP contribution in [0, 0.1) is 0 Å². The van der Waals surface area contributed by atoms with Gasteiger partial charge in [0.15, 0.2) is 0 Å². The maximum atomic E-state index is 9.93. The first-order valence-corrected chi connectivity index (χ1v) is 3.60. The van der Waals surface area contributed by atoms with Gasteiger partial charge in [-0.1, -0.05) is 18.2 Å². The Morgan fingerprint density at radius 3 is 2.75 bits per heavy atom. The molecule has 1 atom stereocenters. The molecule has 0 heterocycles. The predicted molar refractivity (Wildman–Crippen MR) is 44.6 cm³/mol. The van der Waals surface area contributed by atoms with Gasteiger partial charge < -0.3 is 5.11 Å². The predicted octanol–water partition coefficient (Wildman–Crippen LogP) is 1.79. The molecule has 0 amide bonds. The molecule has 0 aliphatic carbocycles. The highest BCUT2D eigenvalue weighted by Gasteiger charge is 2.06. The molecule has 0 bridgehead atoms. The largest absolute Gasteiger partial charge is 0.508 e. The molecule has 1 rings (SSSR count). The van der Waals surface area contributed by atoms with E-state index in [1.807, 2.05) is 0 Å². The van der Waals surface area contributed by atoms with Crippen LogP contribution in [-0.2, 0) is 4.79 Å². The highest BCUT2D eigenvalue weighted by atomic mass is 16.3. The molecule has 0 aliphatic rings. The summed E-state index contributed by atoms with van der Waals surface area (Å²) in [5, 5.41) is 9.32. The Morgan fingerprint density at radius 1 is 1.50 bits per heavy atom. The van der Waals surface area contributed by atoms with Crippen molar-refractivity contribution in [2.24, 2.45) is 4.99 Å². The summed E-state index contributed by atoms with van der Waals surface area (Å²) in [4.78, 5) is 13.4. The van der Waals surface area contributed by atoms with E-state index >= 15 is 0 Å². The molecule has 1 unspecified atom stereocenters. The summed E-state index contributed by atoms with van der Waals surface area (Å²) < 4.78 is 0. The molecule has 1 aromatic carbocycles. The van der Waals surface area contributed by atoms with Crippen LogP contribution in [0.1, 0.15) is 18.5 Å². The van der Waals surface area contributed by atoms with E-state index in [0.717, 1.165) is 0 Å². The minimum absolute atomic E-state index is 0.156. The summed E-state index contributed by atoms with van der Waals surface area (Å²) >= 11 is 0. The molecular formula is C9H9NO2. The number of phenols is 1. The quantitative estimate of drug-likeness (QED) is 0.533. The maximum Gasteiger partial charge on any atom is 0.235 e. The Bertz CT molecular complexity index is 316. The van der Waals surface area contributed by atoms with Crippen LogP contribution in [0.25, 0.3) is 0 Å². The molecule has 0 radical (unpaired) electrons. The number of hydrogen-bond acceptors (Lipinski definition) is 3. The van der Waals surface area contributed by atoms with Crippen molar-refractivity contribution in [1.82, 2.24) is 0 Å². The Hall–Kier alpha value is -1.60. The minimum atomic E-state index is -0.330. The normalized spacial score (nSPS) is 11.8. The van der Waals surface area contributed by atoms with E-state index in [9.17, 15) is 9.90 Å². The second-order valence-electron chi connectivity index (χ2n) is 2.46. The van der Waals surface area contributed by atoms with Crippen molar-refractivity contribution in [3.05, 3.63) is 29.8 Å². The topological polar surface area (TPSA) is 49.7 Å². The monoisotopic (exact) mass is 163 g/mol. The van der Waals surface area contributed by atoms with E-state index in [1.165, 1.54) is 6.08 Å². The second-order valence-corrected chi connectivity index (χ2v) is 2.46. The second kappa shape index (κ2) is 3.69. The molecule has 0 saturated carbocycles. The standard InChI is InChI=1S/C9H9NO2/c1-7(10-6-11)8-4-2-3-5-9(8)12/h2-5,7,12H,1H3. The highest BCUT2D eigenvalue weighted by molar-refractivity contribution is 5.39. The Balaban J connectivity index is 3.02. The molecule has 3 nitrogen and oxygen atoms in total. The zero-order valence-electron chi connectivity index (χ0n) is 6.69. The number of nitrogens with zero attached hydrogens (tertiary/aromatic N) is 1. The highest BCUT2D eigenvalue weighted by Crippen LogP contribution is 2.25. The molecule has 0 saturated heterocycles. The van der Waals surface area contributed by atoms with Gasteiger partial charge in [-0.25, -0.2) is 4.79 Å². The van der Waals surface area contributed by atoms with Crippen molar-refractivity contribution in [2.75, 3.05) is 0 Å². The van der Waals surface area contributed by atoms with E-state index in [-0.39, 0.29) is 11.8 Å². The van der Waals surface area contributed by atoms with Gasteiger partial charge in [0.1, 0.15) is 5.75 Å². The average molecular weight is 163 g/mol. The van der Waals surface area contributed by atoms with Gasteiger partial charge >= 0.3 is 0 Å². The lowest BCUT2D eigenvalue weighted by Crippen LogP contribution is -1.88. The van der Waals surface area contributed by atoms with Crippen molar-refractivity contribution >= 4 is 6.08 Å². The van der Waals surface area contributed by atoms with E-state index in [0.29, 0.717) is 5.56 Å². The molecule has 62 valence electrons. The Kier molecular flexibility index (Phi) is 2.62. The van der Waals surface area contributed by atoms with Gasteiger partial charge in [0.05, 0.1) is 6.04 Å². The van der Waals surface area contributed by atoms with E-state index in [2.05, 4.69) is 4.99 Å². The SMILES string of the molecule is CC(N=C=O)c1ccccc1O. The van der Waals surface area contributed by atoms with Crippen LogP contribution < -0.4 is 0 Å². The fraction of sp³-hybridized carbons (Fsp3) is 0.222. The average Bonchev–Trinajstić information content (AvgIpc) is 2.05. The molecule has 3 heteroatoms. The lowest BCUT2D eigenvalue weighted by atomic mass is 10.1. The number of carbonyl (C=O) groups excluding carboxylic acids is 1. The minimum Gasteiger partial charge on any atom is -0.508 e. The number of hydrogen-bond donors (Lipinski definition) is 1. The zero-order chi connectivity index (χ0) is 8.97. The smallest absolute Gasteiger partial charge is 0.235 e. The van der Waals surface area contributed by atoms with Gasteiger partial charge in [-0.3, -0.25) is 0 Å². The number of rotatable bonds is 2. The van der Waals surface area contributed by atoms with E-state index < -0.39 is 0 Å². The van der Waals surface area contributed by atoms with Crippen LogP contribution in [-0.4, -0.2) is 11.2 Å². The molecule has 1 N–H and O–H groups in total. The third-order valence-corrected chi connectivity index (χ3v) is 1.63. The zero-order valence-corrected chi connectivity index (χ0v) is 6.69. The van der Waals surface area contributed by atoms with Crippen LogP contribution in [0.15, 0.2) is 29.3 Å². The number of phenolic OH excluding ortho intramolecular Hbond substituents is 1. The molecule has 0 spiro atoms. The number of aliphatic imine (C=N–C) groups is 1. The summed E-state index contributed by atoms with van der Waals surface area (Å²) in [5.74, 6) is 0.156. The van der Waals surface area contributed by atoms with Crippen molar-refractivity contribution in [2.45, 2.75) is 13.0 Å². The van der Waals surface area contributed by atoms with Crippen LogP contribution in [0.5, 0.6) is 5.75 Å². The number of benzene rings is 1. The van der Waals surface area contributed by atoms with Crippen molar-refractivity contribution in [3.8, 4) is 5.75 Å². The van der Waals surface area contributed by atoms with Gasteiger partial charge in [0.2, 0.25) is 6.08 Å². The third-order valence-electron chi connectivity index (χ3n) is 1.63. The first-order valence-electron chi connectivity index (χ1n) is 3.60. The van der Waals surface area contributed by atoms with Crippen LogP contribution in [0.4, 0.5) is 0 Å². The molecular weight excluding hydrogens is 154 g/mol. The molecule has 0 aliphatic heterocycles. The first kappa shape index (κ1) is 8.50. The maximum absolute atomic E-state index is 9.93. The van der Waals surface area contributed by atoms with Crippen LogP contribution in [0.2, 0.25) is 0 Å². The summed E-state index contributed by atoms with van der Waals surface area (Å²) in [6, 6.07) is 6.46. The number of aromatic hydroxyl groups is 1. The molecule has 1 aromatic rings. The molecule has 0 aromatic heterocycles. The van der Waals surface area contributed by atoms with Gasteiger partial charge in [0.25, 0.3) is 0 Å². The number of para-hydroxylation sites is 1. The van der Waals surface area contributed by atoms with Crippen molar-refractivity contribution in [3.63, 3.8) is 0 Å². The van der Waals surface area contributed by atoms with Crippen molar-refractivity contribution in [1.29, 1.82) is 0 Å². The summed E-state index contributed by atoms with van der Waals surface area (Å²) in [6.07, 6.45) is 1.46.